The molecule has 0 heterocycles. The lowest BCUT2D eigenvalue weighted by atomic mass is 10.3. The van der Waals surface area contributed by atoms with Crippen molar-refractivity contribution < 1.29 is 0 Å². The van der Waals surface area contributed by atoms with Crippen molar-refractivity contribution in [1.82, 2.24) is 0 Å². The topological polar surface area (TPSA) is 0 Å². The van der Waals surface area contributed by atoms with Crippen molar-refractivity contribution in [2.24, 2.45) is 0 Å². The van der Waals surface area contributed by atoms with E-state index in [2.05, 4.69) is 45.5 Å². The Morgan fingerprint density at radius 2 is 1.58 bits per heavy atom. The van der Waals surface area contributed by atoms with Crippen molar-refractivity contribution in [3.63, 3.8) is 0 Å². The number of hydrogen-bond acceptors (Lipinski definition) is 2. The molecule has 0 unspecified atom stereocenters. The molecular formula is C10H14S2. The lowest BCUT2D eigenvalue weighted by Crippen LogP contribution is -2.06. The van der Waals surface area contributed by atoms with Gasteiger partial charge in [0.2, 0.25) is 0 Å². The van der Waals surface area contributed by atoms with E-state index in [1.165, 1.54) is 4.90 Å². The minimum atomic E-state index is 0.290. The maximum Gasteiger partial charge on any atom is 0.0122 e. The van der Waals surface area contributed by atoms with Crippen LogP contribution in [0.5, 0.6) is 0 Å². The molecule has 0 bridgehead atoms. The zero-order valence-corrected chi connectivity index (χ0v) is 9.38. The van der Waals surface area contributed by atoms with Gasteiger partial charge in [-0.3, -0.25) is 0 Å². The summed E-state index contributed by atoms with van der Waals surface area (Å²) in [6.45, 7) is 6.64. The van der Waals surface area contributed by atoms with Crippen molar-refractivity contribution in [2.45, 2.75) is 35.3 Å². The highest BCUT2D eigenvalue weighted by molar-refractivity contribution is 8.00. The average molecular weight is 198 g/mol. The molecule has 0 saturated heterocycles. The molecule has 0 N–H and O–H groups in total. The van der Waals surface area contributed by atoms with E-state index in [0.29, 0.717) is 0 Å². The van der Waals surface area contributed by atoms with Crippen molar-refractivity contribution >= 4 is 24.4 Å². The molecule has 0 fully saturated rings. The second-order valence-electron chi connectivity index (χ2n) is 3.71. The Balaban J connectivity index is 2.71. The van der Waals surface area contributed by atoms with Crippen LogP contribution < -0.4 is 0 Å². The Bertz CT molecular complexity index is 244. The molecule has 0 amide bonds. The van der Waals surface area contributed by atoms with Crippen LogP contribution >= 0.6 is 24.4 Å². The normalized spacial score (nSPS) is 11.7. The molecular weight excluding hydrogens is 184 g/mol. The van der Waals surface area contributed by atoms with E-state index in [4.69, 9.17) is 0 Å². The quantitative estimate of drug-likeness (QED) is 0.528. The second-order valence-corrected chi connectivity index (χ2v) is 6.13. The Labute approximate surface area is 84.2 Å². The largest absolute Gasteiger partial charge is 0.143 e. The molecule has 0 aliphatic carbocycles. The summed E-state index contributed by atoms with van der Waals surface area (Å²) in [6.07, 6.45) is 0. The molecule has 1 rings (SSSR count). The van der Waals surface area contributed by atoms with Gasteiger partial charge in [-0.2, -0.15) is 0 Å². The van der Waals surface area contributed by atoms with Crippen LogP contribution in [0, 0.1) is 0 Å². The number of benzene rings is 1. The van der Waals surface area contributed by atoms with Crippen LogP contribution in [-0.4, -0.2) is 4.75 Å². The molecule has 0 radical (unpaired) electrons. The molecule has 0 nitrogen and oxygen atoms in total. The maximum absolute atomic E-state index is 4.23. The van der Waals surface area contributed by atoms with Crippen molar-refractivity contribution in [3.8, 4) is 0 Å². The molecule has 0 aliphatic rings. The maximum atomic E-state index is 4.23. The number of thiol groups is 1. The van der Waals surface area contributed by atoms with Gasteiger partial charge in [-0.05, 0) is 24.3 Å². The van der Waals surface area contributed by atoms with Crippen LogP contribution in [0.25, 0.3) is 0 Å². The van der Waals surface area contributed by atoms with E-state index in [0.717, 1.165) is 4.90 Å². The number of rotatable bonds is 1. The molecule has 12 heavy (non-hydrogen) atoms. The van der Waals surface area contributed by atoms with Gasteiger partial charge in [-0.25, -0.2) is 0 Å². The lowest BCUT2D eigenvalue weighted by molar-refractivity contribution is 0.803. The van der Waals surface area contributed by atoms with Gasteiger partial charge in [0.15, 0.2) is 0 Å². The molecule has 1 aromatic rings. The van der Waals surface area contributed by atoms with E-state index in [1.54, 1.807) is 0 Å². The van der Waals surface area contributed by atoms with E-state index in [9.17, 15) is 0 Å². The molecule has 0 aliphatic heterocycles. The summed E-state index contributed by atoms with van der Waals surface area (Å²) in [5.74, 6) is 0. The van der Waals surface area contributed by atoms with Crippen LogP contribution in [0.1, 0.15) is 20.8 Å². The molecule has 1 aromatic carbocycles. The second kappa shape index (κ2) is 3.75. The fourth-order valence-electron chi connectivity index (χ4n) is 0.868. The van der Waals surface area contributed by atoms with Crippen LogP contribution in [0.3, 0.4) is 0 Å². The Morgan fingerprint density at radius 3 is 2.00 bits per heavy atom. The molecule has 0 aromatic heterocycles. The fraction of sp³-hybridized carbons (Fsp3) is 0.400. The highest BCUT2D eigenvalue weighted by atomic mass is 32.2. The van der Waals surface area contributed by atoms with Gasteiger partial charge in [0.25, 0.3) is 0 Å². The van der Waals surface area contributed by atoms with Crippen LogP contribution in [-0.2, 0) is 0 Å². The first-order valence-corrected chi connectivity index (χ1v) is 5.22. The standard InChI is InChI=1S/C10H14S2/c1-10(2,3)12-9-6-4-8(11)5-7-9/h4-7,11H,1-3H3. The molecule has 0 atom stereocenters. The molecule has 0 spiro atoms. The Kier molecular flexibility index (Phi) is 3.13. The molecule has 66 valence electrons. The summed E-state index contributed by atoms with van der Waals surface area (Å²) in [7, 11) is 0. The summed E-state index contributed by atoms with van der Waals surface area (Å²) in [5, 5.41) is 0. The van der Waals surface area contributed by atoms with Crippen molar-refractivity contribution in [2.75, 3.05) is 0 Å². The zero-order valence-electron chi connectivity index (χ0n) is 7.66. The van der Waals surface area contributed by atoms with E-state index >= 15 is 0 Å². The van der Waals surface area contributed by atoms with Gasteiger partial charge in [0.1, 0.15) is 0 Å². The van der Waals surface area contributed by atoms with Crippen molar-refractivity contribution in [1.29, 1.82) is 0 Å². The van der Waals surface area contributed by atoms with Gasteiger partial charge in [-0.15, -0.1) is 24.4 Å². The van der Waals surface area contributed by atoms with Gasteiger partial charge in [-0.1, -0.05) is 20.8 Å². The molecule has 2 heteroatoms. The Morgan fingerprint density at radius 1 is 1.08 bits per heavy atom. The number of thioether (sulfide) groups is 1. The van der Waals surface area contributed by atoms with Gasteiger partial charge in [0, 0.05) is 14.5 Å². The van der Waals surface area contributed by atoms with Crippen LogP contribution in [0.15, 0.2) is 34.1 Å². The molecule has 0 saturated carbocycles. The van der Waals surface area contributed by atoms with Gasteiger partial charge < -0.3 is 0 Å². The summed E-state index contributed by atoms with van der Waals surface area (Å²) >= 11 is 6.11. The smallest absolute Gasteiger partial charge is 0.0122 e. The SMILES string of the molecule is CC(C)(C)Sc1ccc(S)cc1. The Hall–Kier alpha value is -0.0800. The third kappa shape index (κ3) is 3.55. The van der Waals surface area contributed by atoms with Crippen LogP contribution in [0.2, 0.25) is 0 Å². The minimum Gasteiger partial charge on any atom is -0.143 e. The van der Waals surface area contributed by atoms with E-state index in [-0.39, 0.29) is 4.75 Å². The van der Waals surface area contributed by atoms with E-state index < -0.39 is 0 Å². The van der Waals surface area contributed by atoms with Gasteiger partial charge >= 0.3 is 0 Å². The predicted molar refractivity (Wildman–Crippen MR) is 59.3 cm³/mol. The first-order valence-electron chi connectivity index (χ1n) is 3.95. The van der Waals surface area contributed by atoms with Gasteiger partial charge in [0.05, 0.1) is 0 Å². The number of hydrogen-bond donors (Lipinski definition) is 1. The predicted octanol–water partition coefficient (Wildman–Crippen LogP) is 3.87. The summed E-state index contributed by atoms with van der Waals surface area (Å²) in [5.41, 5.74) is 0. The van der Waals surface area contributed by atoms with Crippen LogP contribution in [0.4, 0.5) is 0 Å². The summed E-state index contributed by atoms with van der Waals surface area (Å²) in [4.78, 5) is 2.33. The third-order valence-electron chi connectivity index (χ3n) is 1.26. The fourth-order valence-corrected chi connectivity index (χ4v) is 2.00. The van der Waals surface area contributed by atoms with Crippen molar-refractivity contribution in [3.05, 3.63) is 24.3 Å². The average Bonchev–Trinajstić information content (AvgIpc) is 1.91. The third-order valence-corrected chi connectivity index (χ3v) is 2.68. The van der Waals surface area contributed by atoms with E-state index in [1.807, 2.05) is 23.9 Å². The zero-order chi connectivity index (χ0) is 9.19. The summed E-state index contributed by atoms with van der Waals surface area (Å²) in [6, 6.07) is 8.27. The first-order chi connectivity index (χ1) is 5.47. The minimum absolute atomic E-state index is 0.290. The highest BCUT2D eigenvalue weighted by Gasteiger charge is 2.11. The lowest BCUT2D eigenvalue weighted by Gasteiger charge is -2.17. The monoisotopic (exact) mass is 198 g/mol. The summed E-state index contributed by atoms with van der Waals surface area (Å²) < 4.78 is 0.290. The first kappa shape index (κ1) is 10.0. The highest BCUT2D eigenvalue weighted by Crippen LogP contribution is 2.31.